The number of hydrogen-bond acceptors (Lipinski definition) is 5. The molecule has 0 aromatic carbocycles. The molecule has 0 bridgehead atoms. The Morgan fingerprint density at radius 3 is 2.48 bits per heavy atom. The van der Waals surface area contributed by atoms with E-state index in [1.807, 2.05) is 0 Å². The van der Waals surface area contributed by atoms with Crippen LogP contribution in [0.3, 0.4) is 0 Å². The topological polar surface area (TPSA) is 88.0 Å². The highest BCUT2D eigenvalue weighted by Gasteiger charge is 2.33. The Hall–Kier alpha value is -2.71. The van der Waals surface area contributed by atoms with Crippen molar-refractivity contribution in [2.24, 2.45) is 0 Å². The maximum Gasteiger partial charge on any atom is 0.433 e. The second-order valence-electron chi connectivity index (χ2n) is 3.94. The molecular formula is C12H9F3N4O2. The van der Waals surface area contributed by atoms with Crippen LogP contribution in [0.5, 0.6) is 0 Å². The molecule has 21 heavy (non-hydrogen) atoms. The van der Waals surface area contributed by atoms with E-state index < -0.39 is 30.3 Å². The minimum absolute atomic E-state index is 0.0209. The smallest absolute Gasteiger partial charge is 0.433 e. The Kier molecular flexibility index (Phi) is 4.01. The average Bonchev–Trinajstić information content (AvgIpc) is 2.45. The summed E-state index contributed by atoms with van der Waals surface area (Å²) in [5, 5.41) is 10.8. The number of pyridine rings is 1. The highest BCUT2D eigenvalue weighted by atomic mass is 19.4. The number of hydrogen-bond donors (Lipinski definition) is 2. The molecule has 0 unspecified atom stereocenters. The van der Waals surface area contributed by atoms with Gasteiger partial charge in [-0.1, -0.05) is 0 Å². The first kappa shape index (κ1) is 14.7. The monoisotopic (exact) mass is 298 g/mol. The highest BCUT2D eigenvalue weighted by molar-refractivity contribution is 5.72. The van der Waals surface area contributed by atoms with Crippen molar-refractivity contribution in [3.8, 4) is 11.3 Å². The first-order valence-corrected chi connectivity index (χ1v) is 5.68. The van der Waals surface area contributed by atoms with Gasteiger partial charge in [-0.05, 0) is 18.2 Å². The van der Waals surface area contributed by atoms with Crippen molar-refractivity contribution in [3.63, 3.8) is 0 Å². The van der Waals surface area contributed by atoms with E-state index in [-0.39, 0.29) is 5.69 Å². The normalized spacial score (nSPS) is 11.2. The zero-order valence-corrected chi connectivity index (χ0v) is 10.4. The summed E-state index contributed by atoms with van der Waals surface area (Å²) >= 11 is 0. The summed E-state index contributed by atoms with van der Waals surface area (Å²) in [5.74, 6) is -1.64. The van der Waals surface area contributed by atoms with Gasteiger partial charge in [-0.15, -0.1) is 0 Å². The fourth-order valence-corrected chi connectivity index (χ4v) is 1.50. The molecule has 2 aromatic heterocycles. The van der Waals surface area contributed by atoms with Gasteiger partial charge in [-0.3, -0.25) is 9.78 Å². The molecule has 0 aliphatic carbocycles. The largest absolute Gasteiger partial charge is 0.480 e. The number of carboxylic acids is 1. The second kappa shape index (κ2) is 5.73. The van der Waals surface area contributed by atoms with Crippen molar-refractivity contribution in [2.45, 2.75) is 6.18 Å². The predicted octanol–water partition coefficient (Wildman–Crippen LogP) is 2.05. The first-order valence-electron chi connectivity index (χ1n) is 5.68. The Morgan fingerprint density at radius 1 is 1.24 bits per heavy atom. The van der Waals surface area contributed by atoms with Gasteiger partial charge in [0, 0.05) is 18.0 Å². The van der Waals surface area contributed by atoms with Crippen LogP contribution in [0.4, 0.5) is 19.1 Å². The standard InChI is InChI=1S/C12H9F3N4O2/c13-12(14,15)9-5-8(7-1-3-16-4-2-7)18-11(19-9)17-6-10(20)21/h1-5H,6H2,(H,20,21)(H,17,18,19). The summed E-state index contributed by atoms with van der Waals surface area (Å²) in [6, 6.07) is 3.77. The highest BCUT2D eigenvalue weighted by Crippen LogP contribution is 2.30. The van der Waals surface area contributed by atoms with Crippen LogP contribution in [0.25, 0.3) is 11.3 Å². The van der Waals surface area contributed by atoms with Gasteiger partial charge in [0.25, 0.3) is 0 Å². The van der Waals surface area contributed by atoms with Gasteiger partial charge in [-0.25, -0.2) is 9.97 Å². The predicted molar refractivity (Wildman–Crippen MR) is 66.4 cm³/mol. The number of nitrogens with zero attached hydrogens (tertiary/aromatic N) is 3. The van der Waals surface area contributed by atoms with Crippen molar-refractivity contribution >= 4 is 11.9 Å². The van der Waals surface area contributed by atoms with Crippen LogP contribution in [0, 0.1) is 0 Å². The molecule has 0 aliphatic heterocycles. The van der Waals surface area contributed by atoms with Crippen LogP contribution in [0.1, 0.15) is 5.69 Å². The number of rotatable bonds is 4. The van der Waals surface area contributed by atoms with Crippen LogP contribution < -0.4 is 5.32 Å². The van der Waals surface area contributed by atoms with E-state index in [9.17, 15) is 18.0 Å². The lowest BCUT2D eigenvalue weighted by Crippen LogP contribution is -2.17. The van der Waals surface area contributed by atoms with Crippen LogP contribution in [-0.4, -0.2) is 32.6 Å². The molecule has 2 aromatic rings. The number of anilines is 1. The average molecular weight is 298 g/mol. The fourth-order valence-electron chi connectivity index (χ4n) is 1.50. The number of carboxylic acid groups (broad SMARTS) is 1. The number of aliphatic carboxylic acids is 1. The molecular weight excluding hydrogens is 289 g/mol. The van der Waals surface area contributed by atoms with Gasteiger partial charge < -0.3 is 10.4 Å². The third kappa shape index (κ3) is 3.88. The Morgan fingerprint density at radius 2 is 1.90 bits per heavy atom. The Labute approximate surface area is 116 Å². The number of alkyl halides is 3. The summed E-state index contributed by atoms with van der Waals surface area (Å²) in [4.78, 5) is 21.4. The number of halogens is 3. The Bertz CT molecular complexity index is 647. The third-order valence-corrected chi connectivity index (χ3v) is 2.39. The fraction of sp³-hybridized carbons (Fsp3) is 0.167. The zero-order valence-electron chi connectivity index (χ0n) is 10.4. The van der Waals surface area contributed by atoms with Crippen molar-refractivity contribution in [2.75, 3.05) is 11.9 Å². The molecule has 110 valence electrons. The molecule has 9 heteroatoms. The molecule has 6 nitrogen and oxygen atoms in total. The quantitative estimate of drug-likeness (QED) is 0.898. The Balaban J connectivity index is 2.45. The van der Waals surface area contributed by atoms with E-state index >= 15 is 0 Å². The van der Waals surface area contributed by atoms with E-state index in [0.717, 1.165) is 6.07 Å². The summed E-state index contributed by atoms with van der Waals surface area (Å²) in [7, 11) is 0. The van der Waals surface area contributed by atoms with E-state index in [1.54, 1.807) is 0 Å². The van der Waals surface area contributed by atoms with Gasteiger partial charge in [0.05, 0.1) is 5.69 Å². The summed E-state index contributed by atoms with van der Waals surface area (Å²) in [5.41, 5.74) is -0.721. The summed E-state index contributed by atoms with van der Waals surface area (Å²) in [6.07, 6.45) is -1.84. The van der Waals surface area contributed by atoms with Crippen LogP contribution in [0.2, 0.25) is 0 Å². The molecule has 0 radical (unpaired) electrons. The molecule has 2 N–H and O–H groups in total. The molecule has 0 atom stereocenters. The lowest BCUT2D eigenvalue weighted by atomic mass is 10.1. The molecule has 2 rings (SSSR count). The lowest BCUT2D eigenvalue weighted by molar-refractivity contribution is -0.141. The zero-order chi connectivity index (χ0) is 15.5. The van der Waals surface area contributed by atoms with Crippen molar-refractivity contribution < 1.29 is 23.1 Å². The van der Waals surface area contributed by atoms with Crippen molar-refractivity contribution in [3.05, 3.63) is 36.3 Å². The minimum atomic E-state index is -4.66. The SMILES string of the molecule is O=C(O)CNc1nc(-c2ccncc2)cc(C(F)(F)F)n1. The molecule has 0 amide bonds. The number of nitrogens with one attached hydrogen (secondary N) is 1. The van der Waals surface area contributed by atoms with E-state index in [1.165, 1.54) is 24.5 Å². The van der Waals surface area contributed by atoms with Crippen LogP contribution in [-0.2, 0) is 11.0 Å². The maximum absolute atomic E-state index is 12.8. The molecule has 0 saturated heterocycles. The maximum atomic E-state index is 12.8. The van der Waals surface area contributed by atoms with Gasteiger partial charge in [0.2, 0.25) is 5.95 Å². The first-order chi connectivity index (χ1) is 9.86. The molecule has 0 saturated carbocycles. The van der Waals surface area contributed by atoms with Gasteiger partial charge in [0.1, 0.15) is 6.54 Å². The second-order valence-corrected chi connectivity index (χ2v) is 3.94. The van der Waals surface area contributed by atoms with Gasteiger partial charge in [-0.2, -0.15) is 13.2 Å². The molecule has 2 heterocycles. The summed E-state index contributed by atoms with van der Waals surface area (Å²) in [6.45, 7) is -0.586. The van der Waals surface area contributed by atoms with E-state index in [0.29, 0.717) is 5.56 Å². The van der Waals surface area contributed by atoms with E-state index in [4.69, 9.17) is 5.11 Å². The van der Waals surface area contributed by atoms with Gasteiger partial charge in [0.15, 0.2) is 5.69 Å². The van der Waals surface area contributed by atoms with Crippen LogP contribution in [0.15, 0.2) is 30.6 Å². The van der Waals surface area contributed by atoms with Crippen LogP contribution >= 0.6 is 0 Å². The van der Waals surface area contributed by atoms with Crippen molar-refractivity contribution in [1.29, 1.82) is 0 Å². The van der Waals surface area contributed by atoms with Gasteiger partial charge >= 0.3 is 12.1 Å². The molecule has 0 fully saturated rings. The minimum Gasteiger partial charge on any atom is -0.480 e. The number of aromatic nitrogens is 3. The third-order valence-electron chi connectivity index (χ3n) is 2.39. The lowest BCUT2D eigenvalue weighted by Gasteiger charge is -2.11. The van der Waals surface area contributed by atoms with E-state index in [2.05, 4.69) is 20.3 Å². The number of carbonyl (C=O) groups is 1. The summed E-state index contributed by atoms with van der Waals surface area (Å²) < 4.78 is 38.4. The molecule has 0 spiro atoms. The van der Waals surface area contributed by atoms with Crippen molar-refractivity contribution in [1.82, 2.24) is 15.0 Å². The molecule has 0 aliphatic rings.